The van der Waals surface area contributed by atoms with E-state index in [0.29, 0.717) is 11.4 Å². The van der Waals surface area contributed by atoms with E-state index in [4.69, 9.17) is 0 Å². The van der Waals surface area contributed by atoms with Crippen LogP contribution in [0.2, 0.25) is 0 Å². The van der Waals surface area contributed by atoms with Crippen LogP contribution < -0.4 is 10.9 Å². The number of hydrogen-bond donors (Lipinski definition) is 1. The van der Waals surface area contributed by atoms with Gasteiger partial charge in [0.1, 0.15) is 6.54 Å². The first kappa shape index (κ1) is 18.6. The van der Waals surface area contributed by atoms with E-state index in [1.165, 1.54) is 16.3 Å². The summed E-state index contributed by atoms with van der Waals surface area (Å²) in [7, 11) is 0. The van der Waals surface area contributed by atoms with Crippen molar-refractivity contribution in [1.29, 1.82) is 0 Å². The number of nitrogens with zero attached hydrogens (tertiary/aromatic N) is 2. The van der Waals surface area contributed by atoms with Gasteiger partial charge in [-0.15, -0.1) is 0 Å². The molecule has 3 rings (SSSR count). The van der Waals surface area contributed by atoms with Crippen LogP contribution in [0, 0.1) is 13.8 Å². The van der Waals surface area contributed by atoms with Crippen LogP contribution in [0.4, 0.5) is 5.69 Å². The van der Waals surface area contributed by atoms with Gasteiger partial charge in [0, 0.05) is 17.3 Å². The third-order valence-electron chi connectivity index (χ3n) is 4.47. The topological polar surface area (TPSA) is 64.0 Å². The molecule has 1 aromatic heterocycles. The molecule has 0 spiro atoms. The van der Waals surface area contributed by atoms with Gasteiger partial charge in [-0.2, -0.15) is 5.10 Å². The number of nitrogens with one attached hydrogen (secondary N) is 1. The van der Waals surface area contributed by atoms with Crippen LogP contribution >= 0.6 is 0 Å². The number of anilines is 1. The molecule has 0 atom stereocenters. The lowest BCUT2D eigenvalue weighted by atomic mass is 10.0. The maximum atomic E-state index is 12.3. The smallest absolute Gasteiger partial charge is 0.267 e. The quantitative estimate of drug-likeness (QED) is 0.753. The summed E-state index contributed by atoms with van der Waals surface area (Å²) in [5.74, 6) is -0.285. The molecule has 1 amide bonds. The molecule has 27 heavy (non-hydrogen) atoms. The summed E-state index contributed by atoms with van der Waals surface area (Å²) in [6.45, 7) is 5.95. The molecule has 0 radical (unpaired) electrons. The van der Waals surface area contributed by atoms with Gasteiger partial charge < -0.3 is 5.32 Å². The Morgan fingerprint density at radius 3 is 2.48 bits per heavy atom. The molecule has 0 fully saturated rings. The van der Waals surface area contributed by atoms with E-state index in [1.54, 1.807) is 6.07 Å². The number of rotatable bonds is 5. The van der Waals surface area contributed by atoms with Crippen LogP contribution in [0.1, 0.15) is 23.6 Å². The molecule has 0 bridgehead atoms. The van der Waals surface area contributed by atoms with Crippen LogP contribution in [-0.4, -0.2) is 15.7 Å². The van der Waals surface area contributed by atoms with Gasteiger partial charge in [0.05, 0.1) is 5.69 Å². The van der Waals surface area contributed by atoms with Crippen molar-refractivity contribution in [3.05, 3.63) is 81.6 Å². The first-order chi connectivity index (χ1) is 13.0. The highest BCUT2D eigenvalue weighted by Crippen LogP contribution is 2.21. The molecule has 0 aliphatic rings. The van der Waals surface area contributed by atoms with E-state index in [9.17, 15) is 9.59 Å². The van der Waals surface area contributed by atoms with Crippen molar-refractivity contribution in [2.24, 2.45) is 0 Å². The Morgan fingerprint density at radius 1 is 1.04 bits per heavy atom. The van der Waals surface area contributed by atoms with Crippen molar-refractivity contribution in [3.63, 3.8) is 0 Å². The van der Waals surface area contributed by atoms with Gasteiger partial charge in [-0.3, -0.25) is 9.59 Å². The van der Waals surface area contributed by atoms with Gasteiger partial charge in [0.25, 0.3) is 5.56 Å². The molecule has 0 unspecified atom stereocenters. The van der Waals surface area contributed by atoms with Crippen LogP contribution in [0.3, 0.4) is 0 Å². The number of aromatic nitrogens is 2. The summed E-state index contributed by atoms with van der Waals surface area (Å²) in [6.07, 6.45) is 0.943. The SMILES string of the molecule is CCc1ccc(NC(=O)Cn2nc(-c3cc(C)ccc3C)ccc2=O)cc1. The van der Waals surface area contributed by atoms with Crippen LogP contribution in [0.25, 0.3) is 11.3 Å². The Labute approximate surface area is 158 Å². The monoisotopic (exact) mass is 361 g/mol. The van der Waals surface area contributed by atoms with E-state index < -0.39 is 0 Å². The van der Waals surface area contributed by atoms with E-state index in [-0.39, 0.29) is 18.0 Å². The van der Waals surface area contributed by atoms with Crippen molar-refractivity contribution in [2.75, 3.05) is 5.32 Å². The maximum absolute atomic E-state index is 12.3. The first-order valence-electron chi connectivity index (χ1n) is 9.01. The number of amides is 1. The molecule has 1 N–H and O–H groups in total. The van der Waals surface area contributed by atoms with Gasteiger partial charge in [-0.25, -0.2) is 4.68 Å². The van der Waals surface area contributed by atoms with Gasteiger partial charge in [0.2, 0.25) is 5.91 Å². The van der Waals surface area contributed by atoms with Gasteiger partial charge >= 0.3 is 0 Å². The van der Waals surface area contributed by atoms with Gasteiger partial charge in [-0.1, -0.05) is 36.8 Å². The van der Waals surface area contributed by atoms with E-state index in [0.717, 1.165) is 23.1 Å². The predicted octanol–water partition coefficient (Wildman–Crippen LogP) is 3.73. The molecule has 0 saturated carbocycles. The Bertz CT molecular complexity index is 1020. The third-order valence-corrected chi connectivity index (χ3v) is 4.47. The van der Waals surface area contributed by atoms with Crippen LogP contribution in [0.5, 0.6) is 0 Å². The zero-order chi connectivity index (χ0) is 19.4. The molecule has 2 aromatic carbocycles. The lowest BCUT2D eigenvalue weighted by Crippen LogP contribution is -2.29. The highest BCUT2D eigenvalue weighted by atomic mass is 16.2. The molecule has 5 nitrogen and oxygen atoms in total. The van der Waals surface area contributed by atoms with Crippen molar-refractivity contribution in [1.82, 2.24) is 9.78 Å². The fourth-order valence-corrected chi connectivity index (χ4v) is 2.88. The number of hydrogen-bond acceptors (Lipinski definition) is 3. The first-order valence-corrected chi connectivity index (χ1v) is 9.01. The molecular weight excluding hydrogens is 338 g/mol. The summed E-state index contributed by atoms with van der Waals surface area (Å²) < 4.78 is 1.20. The summed E-state index contributed by atoms with van der Waals surface area (Å²) in [5.41, 5.74) is 5.42. The molecule has 0 aliphatic heterocycles. The number of carbonyl (C=O) groups excluding carboxylic acids is 1. The van der Waals surface area contributed by atoms with Crippen LogP contribution in [-0.2, 0) is 17.8 Å². The Hall–Kier alpha value is -3.21. The molecule has 1 heterocycles. The lowest BCUT2D eigenvalue weighted by Gasteiger charge is -2.10. The van der Waals surface area contributed by atoms with Crippen molar-refractivity contribution < 1.29 is 4.79 Å². The maximum Gasteiger partial charge on any atom is 0.267 e. The summed E-state index contributed by atoms with van der Waals surface area (Å²) >= 11 is 0. The fraction of sp³-hybridized carbons (Fsp3) is 0.227. The van der Waals surface area contributed by atoms with E-state index in [1.807, 2.05) is 56.3 Å². The normalized spacial score (nSPS) is 10.6. The molecule has 5 heteroatoms. The highest BCUT2D eigenvalue weighted by Gasteiger charge is 2.10. The van der Waals surface area contributed by atoms with Crippen molar-refractivity contribution >= 4 is 11.6 Å². The Kier molecular flexibility index (Phi) is 5.50. The zero-order valence-corrected chi connectivity index (χ0v) is 15.8. The molecular formula is C22H23N3O2. The minimum Gasteiger partial charge on any atom is -0.324 e. The molecule has 0 saturated heterocycles. The summed E-state index contributed by atoms with van der Waals surface area (Å²) in [5, 5.41) is 7.21. The third kappa shape index (κ3) is 4.50. The second-order valence-electron chi connectivity index (χ2n) is 6.63. The predicted molar refractivity (Wildman–Crippen MR) is 108 cm³/mol. The van der Waals surface area contributed by atoms with Crippen LogP contribution in [0.15, 0.2) is 59.4 Å². The molecule has 138 valence electrons. The van der Waals surface area contributed by atoms with Gasteiger partial charge in [-0.05, 0) is 55.7 Å². The Morgan fingerprint density at radius 2 is 1.78 bits per heavy atom. The average molecular weight is 361 g/mol. The number of benzene rings is 2. The molecule has 3 aromatic rings. The average Bonchev–Trinajstić information content (AvgIpc) is 2.66. The zero-order valence-electron chi connectivity index (χ0n) is 15.8. The Balaban J connectivity index is 1.80. The van der Waals surface area contributed by atoms with E-state index in [2.05, 4.69) is 17.3 Å². The second-order valence-corrected chi connectivity index (χ2v) is 6.63. The minimum absolute atomic E-state index is 0.132. The van der Waals surface area contributed by atoms with Crippen molar-refractivity contribution in [3.8, 4) is 11.3 Å². The number of aryl methyl sites for hydroxylation is 3. The summed E-state index contributed by atoms with van der Waals surface area (Å²) in [4.78, 5) is 24.5. The number of carbonyl (C=O) groups is 1. The summed E-state index contributed by atoms with van der Waals surface area (Å²) in [6, 6.07) is 16.9. The van der Waals surface area contributed by atoms with Crippen molar-refractivity contribution in [2.45, 2.75) is 33.7 Å². The van der Waals surface area contributed by atoms with E-state index >= 15 is 0 Å². The highest BCUT2D eigenvalue weighted by molar-refractivity contribution is 5.90. The minimum atomic E-state index is -0.305. The largest absolute Gasteiger partial charge is 0.324 e. The van der Waals surface area contributed by atoms with Gasteiger partial charge in [0.15, 0.2) is 0 Å². The lowest BCUT2D eigenvalue weighted by molar-refractivity contribution is -0.117. The fourth-order valence-electron chi connectivity index (χ4n) is 2.88. The second kappa shape index (κ2) is 7.99. The standard InChI is InChI=1S/C22H23N3O2/c1-4-17-7-9-18(10-8-17)23-21(26)14-25-22(27)12-11-20(24-25)19-13-15(2)5-6-16(19)3/h5-13H,4,14H2,1-3H3,(H,23,26). The molecule has 0 aliphatic carbocycles.